The highest BCUT2D eigenvalue weighted by Crippen LogP contribution is 2.34. The molecule has 2 aromatic carbocycles. The summed E-state index contributed by atoms with van der Waals surface area (Å²) in [4.78, 5) is 27.6. The predicted octanol–water partition coefficient (Wildman–Crippen LogP) is 3.39. The van der Waals surface area contributed by atoms with E-state index >= 15 is 0 Å². The van der Waals surface area contributed by atoms with Crippen molar-refractivity contribution in [3.05, 3.63) is 52.5 Å². The highest BCUT2D eigenvalue weighted by Gasteiger charge is 2.33. The number of carbonyl (C=O) groups is 2. The number of benzene rings is 2. The van der Waals surface area contributed by atoms with E-state index in [1.54, 1.807) is 18.0 Å². The summed E-state index contributed by atoms with van der Waals surface area (Å²) in [5, 5.41) is 2.58. The maximum atomic E-state index is 12.9. The van der Waals surface area contributed by atoms with Crippen LogP contribution in [0.2, 0.25) is 0 Å². The molecule has 0 aliphatic carbocycles. The number of carbonyl (C=O) groups excluding carboxylic acids is 2. The molecule has 1 aliphatic heterocycles. The minimum atomic E-state index is -0.710. The number of para-hydroxylation sites is 2. The van der Waals surface area contributed by atoms with Crippen LogP contribution in [0.4, 0.5) is 5.69 Å². The molecule has 5 nitrogen and oxygen atoms in total. The van der Waals surface area contributed by atoms with Gasteiger partial charge in [0.15, 0.2) is 6.10 Å². The number of hydrogen-bond acceptors (Lipinski definition) is 4. The molecule has 1 heterocycles. The number of rotatable bonds is 4. The molecular weight excluding hydrogens is 416 g/mol. The van der Waals surface area contributed by atoms with E-state index in [1.807, 2.05) is 43.3 Å². The van der Waals surface area contributed by atoms with Crippen molar-refractivity contribution >= 4 is 45.2 Å². The molecule has 136 valence electrons. The Morgan fingerprint density at radius 2 is 2.08 bits per heavy atom. The van der Waals surface area contributed by atoms with Gasteiger partial charge in [-0.2, -0.15) is 0 Å². The van der Waals surface area contributed by atoms with E-state index in [-0.39, 0.29) is 24.1 Å². The maximum Gasteiger partial charge on any atom is 0.262 e. The first-order valence-corrected chi connectivity index (χ1v) is 9.94. The fourth-order valence-electron chi connectivity index (χ4n) is 2.76. The number of nitrogens with one attached hydrogen (secondary N) is 1. The van der Waals surface area contributed by atoms with Gasteiger partial charge in [-0.15, -0.1) is 11.8 Å². The Bertz CT molecular complexity index is 843. The Kier molecular flexibility index (Phi) is 5.88. The van der Waals surface area contributed by atoms with Crippen LogP contribution in [0.1, 0.15) is 5.56 Å². The van der Waals surface area contributed by atoms with Gasteiger partial charge >= 0.3 is 0 Å². The minimum Gasteiger partial charge on any atom is -0.477 e. The van der Waals surface area contributed by atoms with Crippen molar-refractivity contribution in [2.45, 2.75) is 17.9 Å². The molecule has 7 heteroatoms. The number of hydrogen-bond donors (Lipinski definition) is 1. The third-order valence-electron chi connectivity index (χ3n) is 4.10. The van der Waals surface area contributed by atoms with E-state index in [4.69, 9.17) is 4.74 Å². The summed E-state index contributed by atoms with van der Waals surface area (Å²) in [6.45, 7) is 2.22. The standard InChI is InChI=1S/C19H19BrN2O3S/c1-12-9-13(20)7-8-17(12)26-11-18(23)22-10-16(19(24)21-2)25-15-6-4-3-5-14(15)22/h3-9,16H,10-11H2,1-2H3,(H,21,24). The number of aryl methyl sites for hydroxylation is 1. The number of thioether (sulfide) groups is 1. The third-order valence-corrected chi connectivity index (χ3v) is 5.76. The van der Waals surface area contributed by atoms with Crippen molar-refractivity contribution in [1.29, 1.82) is 0 Å². The molecule has 0 aromatic heterocycles. The van der Waals surface area contributed by atoms with Crippen LogP contribution in [-0.2, 0) is 9.59 Å². The molecule has 2 amide bonds. The summed E-state index contributed by atoms with van der Waals surface area (Å²) in [6, 6.07) is 13.3. The van der Waals surface area contributed by atoms with E-state index < -0.39 is 6.10 Å². The molecule has 1 aliphatic rings. The number of likely N-dealkylation sites (N-methyl/N-ethyl adjacent to an activating group) is 1. The second kappa shape index (κ2) is 8.14. The second-order valence-corrected chi connectivity index (χ2v) is 7.82. The smallest absolute Gasteiger partial charge is 0.262 e. The zero-order valence-electron chi connectivity index (χ0n) is 14.5. The van der Waals surface area contributed by atoms with Gasteiger partial charge in [-0.1, -0.05) is 28.1 Å². The highest BCUT2D eigenvalue weighted by molar-refractivity contribution is 9.10. The van der Waals surface area contributed by atoms with Gasteiger partial charge in [0.2, 0.25) is 5.91 Å². The van der Waals surface area contributed by atoms with Crippen molar-refractivity contribution in [3.63, 3.8) is 0 Å². The maximum absolute atomic E-state index is 12.9. The lowest BCUT2D eigenvalue weighted by molar-refractivity contribution is -0.127. The molecule has 2 aromatic rings. The average molecular weight is 435 g/mol. The number of halogens is 1. The largest absolute Gasteiger partial charge is 0.477 e. The van der Waals surface area contributed by atoms with Crippen molar-refractivity contribution < 1.29 is 14.3 Å². The van der Waals surface area contributed by atoms with Crippen LogP contribution in [0.25, 0.3) is 0 Å². The molecule has 0 fully saturated rings. The third kappa shape index (κ3) is 4.04. The van der Waals surface area contributed by atoms with Gasteiger partial charge in [0, 0.05) is 16.4 Å². The van der Waals surface area contributed by atoms with Gasteiger partial charge in [0.1, 0.15) is 5.75 Å². The first-order valence-electron chi connectivity index (χ1n) is 8.16. The molecule has 0 bridgehead atoms. The Morgan fingerprint density at radius 3 is 2.81 bits per heavy atom. The topological polar surface area (TPSA) is 58.6 Å². The first kappa shape index (κ1) is 18.8. The summed E-state index contributed by atoms with van der Waals surface area (Å²) in [5.74, 6) is 0.540. The van der Waals surface area contributed by atoms with Gasteiger partial charge in [0.25, 0.3) is 5.91 Å². The highest BCUT2D eigenvalue weighted by atomic mass is 79.9. The fourth-order valence-corrected chi connectivity index (χ4v) is 4.12. The Hall–Kier alpha value is -1.99. The van der Waals surface area contributed by atoms with E-state index in [1.165, 1.54) is 11.8 Å². The van der Waals surface area contributed by atoms with E-state index in [2.05, 4.69) is 21.2 Å². The number of anilines is 1. The number of ether oxygens (including phenoxy) is 1. The molecule has 0 radical (unpaired) electrons. The molecule has 26 heavy (non-hydrogen) atoms. The summed E-state index contributed by atoms with van der Waals surface area (Å²) in [5.41, 5.74) is 1.81. The normalized spacial score (nSPS) is 15.8. The van der Waals surface area contributed by atoms with Gasteiger partial charge < -0.3 is 15.0 Å². The zero-order valence-corrected chi connectivity index (χ0v) is 16.9. The summed E-state index contributed by atoms with van der Waals surface area (Å²) >= 11 is 4.94. The molecular formula is C19H19BrN2O3S. The Labute approximate surface area is 165 Å². The average Bonchev–Trinajstić information content (AvgIpc) is 2.65. The molecule has 0 saturated heterocycles. The lowest BCUT2D eigenvalue weighted by Crippen LogP contribution is -2.50. The van der Waals surface area contributed by atoms with Gasteiger partial charge in [0.05, 0.1) is 18.0 Å². The van der Waals surface area contributed by atoms with Crippen molar-refractivity contribution in [2.24, 2.45) is 0 Å². The van der Waals surface area contributed by atoms with Crippen LogP contribution in [-0.4, -0.2) is 37.3 Å². The van der Waals surface area contributed by atoms with Gasteiger partial charge in [-0.25, -0.2) is 0 Å². The van der Waals surface area contributed by atoms with E-state index in [9.17, 15) is 9.59 Å². The first-order chi connectivity index (χ1) is 12.5. The number of fused-ring (bicyclic) bond motifs is 1. The van der Waals surface area contributed by atoms with E-state index in [0.29, 0.717) is 11.4 Å². The van der Waals surface area contributed by atoms with Crippen molar-refractivity contribution in [1.82, 2.24) is 5.32 Å². The second-order valence-electron chi connectivity index (χ2n) is 5.89. The van der Waals surface area contributed by atoms with Crippen LogP contribution >= 0.6 is 27.7 Å². The summed E-state index contributed by atoms with van der Waals surface area (Å²) < 4.78 is 6.76. The predicted molar refractivity (Wildman–Crippen MR) is 107 cm³/mol. The van der Waals surface area contributed by atoms with Crippen LogP contribution < -0.4 is 15.0 Å². The summed E-state index contributed by atoms with van der Waals surface area (Å²) in [6.07, 6.45) is -0.710. The monoisotopic (exact) mass is 434 g/mol. The number of nitrogens with zero attached hydrogens (tertiary/aromatic N) is 1. The Morgan fingerprint density at radius 1 is 1.31 bits per heavy atom. The van der Waals surface area contributed by atoms with Crippen LogP contribution in [0.15, 0.2) is 51.8 Å². The van der Waals surface area contributed by atoms with E-state index in [0.717, 1.165) is 14.9 Å². The van der Waals surface area contributed by atoms with Crippen molar-refractivity contribution in [3.8, 4) is 5.75 Å². The molecule has 1 unspecified atom stereocenters. The quantitative estimate of drug-likeness (QED) is 0.749. The lowest BCUT2D eigenvalue weighted by Gasteiger charge is -2.34. The minimum absolute atomic E-state index is 0.0537. The SMILES string of the molecule is CNC(=O)C1CN(C(=O)CSc2ccc(Br)cc2C)c2ccccc2O1. The Balaban J connectivity index is 1.77. The van der Waals surface area contributed by atoms with Crippen molar-refractivity contribution in [2.75, 3.05) is 24.2 Å². The molecule has 1 atom stereocenters. The molecule has 0 saturated carbocycles. The molecule has 1 N–H and O–H groups in total. The van der Waals surface area contributed by atoms with Crippen LogP contribution in [0.3, 0.4) is 0 Å². The zero-order chi connectivity index (χ0) is 18.7. The van der Waals surface area contributed by atoms with Crippen LogP contribution in [0, 0.1) is 6.92 Å². The molecule has 0 spiro atoms. The van der Waals surface area contributed by atoms with Crippen LogP contribution in [0.5, 0.6) is 5.75 Å². The lowest BCUT2D eigenvalue weighted by atomic mass is 10.2. The van der Waals surface area contributed by atoms with Gasteiger partial charge in [-0.3, -0.25) is 9.59 Å². The summed E-state index contributed by atoms with van der Waals surface area (Å²) in [7, 11) is 1.56. The molecule has 3 rings (SSSR count). The number of amides is 2. The fraction of sp³-hybridized carbons (Fsp3) is 0.263. The van der Waals surface area contributed by atoms with Gasteiger partial charge in [-0.05, 0) is 42.8 Å².